The van der Waals surface area contributed by atoms with Crippen molar-refractivity contribution in [3.05, 3.63) is 35.9 Å². The molecule has 0 saturated heterocycles. The van der Waals surface area contributed by atoms with Crippen molar-refractivity contribution in [3.8, 4) is 0 Å². The minimum atomic E-state index is -0.775. The lowest BCUT2D eigenvalue weighted by molar-refractivity contribution is -0.145. The topological polar surface area (TPSA) is 90.6 Å². The summed E-state index contributed by atoms with van der Waals surface area (Å²) in [6.07, 6.45) is -0.362. The fraction of sp³-hybridized carbons (Fsp3) is 0.429. The zero-order valence-corrected chi connectivity index (χ0v) is 11.5. The SMILES string of the molecule is CCOC(=O)C(CCN)NC(=O)OCc1ccccc1. The van der Waals surface area contributed by atoms with E-state index in [9.17, 15) is 9.59 Å². The Morgan fingerprint density at radius 1 is 1.25 bits per heavy atom. The molecule has 0 fully saturated rings. The van der Waals surface area contributed by atoms with Crippen molar-refractivity contribution in [2.75, 3.05) is 13.2 Å². The first kappa shape index (κ1) is 16.0. The molecule has 1 aromatic rings. The molecule has 1 aromatic carbocycles. The van der Waals surface area contributed by atoms with Gasteiger partial charge in [0.05, 0.1) is 6.61 Å². The molecule has 0 aliphatic heterocycles. The summed E-state index contributed by atoms with van der Waals surface area (Å²) in [7, 11) is 0. The molecule has 6 heteroatoms. The first-order valence-electron chi connectivity index (χ1n) is 6.51. The van der Waals surface area contributed by atoms with Gasteiger partial charge in [0.15, 0.2) is 0 Å². The smallest absolute Gasteiger partial charge is 0.408 e. The molecule has 20 heavy (non-hydrogen) atoms. The van der Waals surface area contributed by atoms with Crippen molar-refractivity contribution in [1.82, 2.24) is 5.32 Å². The summed E-state index contributed by atoms with van der Waals surface area (Å²) in [4.78, 5) is 23.2. The van der Waals surface area contributed by atoms with E-state index in [0.717, 1.165) is 5.56 Å². The Labute approximate surface area is 118 Å². The molecule has 0 radical (unpaired) electrons. The number of alkyl carbamates (subject to hydrolysis) is 1. The minimum absolute atomic E-state index is 0.144. The van der Waals surface area contributed by atoms with Crippen LogP contribution in [-0.4, -0.2) is 31.3 Å². The Hall–Kier alpha value is -2.08. The van der Waals surface area contributed by atoms with E-state index in [1.165, 1.54) is 0 Å². The molecular formula is C14H20N2O4. The highest BCUT2D eigenvalue weighted by Gasteiger charge is 2.21. The number of benzene rings is 1. The van der Waals surface area contributed by atoms with Gasteiger partial charge in [-0.1, -0.05) is 30.3 Å². The standard InChI is InChI=1S/C14H20N2O4/c1-2-19-13(17)12(8-9-15)16-14(18)20-10-11-6-4-3-5-7-11/h3-7,12H,2,8-10,15H2,1H3,(H,16,18). The summed E-state index contributed by atoms with van der Waals surface area (Å²) in [6, 6.07) is 8.50. The second-order valence-electron chi connectivity index (χ2n) is 4.09. The van der Waals surface area contributed by atoms with Crippen LogP contribution >= 0.6 is 0 Å². The number of amides is 1. The van der Waals surface area contributed by atoms with Gasteiger partial charge < -0.3 is 20.5 Å². The monoisotopic (exact) mass is 280 g/mol. The molecule has 1 rings (SSSR count). The molecule has 110 valence electrons. The molecule has 1 atom stereocenters. The number of esters is 1. The fourth-order valence-electron chi connectivity index (χ4n) is 1.57. The van der Waals surface area contributed by atoms with Crippen LogP contribution in [0.1, 0.15) is 18.9 Å². The van der Waals surface area contributed by atoms with Gasteiger partial charge >= 0.3 is 12.1 Å². The van der Waals surface area contributed by atoms with E-state index in [1.54, 1.807) is 6.92 Å². The van der Waals surface area contributed by atoms with Gasteiger partial charge in [-0.15, -0.1) is 0 Å². The van der Waals surface area contributed by atoms with Crippen LogP contribution in [0.2, 0.25) is 0 Å². The maximum Gasteiger partial charge on any atom is 0.408 e. The highest BCUT2D eigenvalue weighted by atomic mass is 16.6. The summed E-state index contributed by atoms with van der Waals surface area (Å²) in [5.41, 5.74) is 6.27. The van der Waals surface area contributed by atoms with Crippen molar-refractivity contribution in [2.24, 2.45) is 5.73 Å². The number of carbonyl (C=O) groups is 2. The van der Waals surface area contributed by atoms with Crippen LogP contribution in [0.3, 0.4) is 0 Å². The van der Waals surface area contributed by atoms with Gasteiger partial charge in [-0.3, -0.25) is 0 Å². The Morgan fingerprint density at radius 3 is 2.55 bits per heavy atom. The van der Waals surface area contributed by atoms with Crippen LogP contribution in [0.4, 0.5) is 4.79 Å². The lowest BCUT2D eigenvalue weighted by Gasteiger charge is -2.16. The van der Waals surface area contributed by atoms with Crippen LogP contribution in [0.25, 0.3) is 0 Å². The number of hydrogen-bond donors (Lipinski definition) is 2. The van der Waals surface area contributed by atoms with E-state index in [2.05, 4.69) is 5.32 Å². The number of carbonyl (C=O) groups excluding carboxylic acids is 2. The number of hydrogen-bond acceptors (Lipinski definition) is 5. The van der Waals surface area contributed by atoms with Crippen molar-refractivity contribution in [2.45, 2.75) is 26.0 Å². The summed E-state index contributed by atoms with van der Waals surface area (Å²) >= 11 is 0. The lowest BCUT2D eigenvalue weighted by atomic mass is 10.2. The first-order chi connectivity index (χ1) is 9.67. The van der Waals surface area contributed by atoms with Crippen LogP contribution in [0.15, 0.2) is 30.3 Å². The number of ether oxygens (including phenoxy) is 2. The van der Waals surface area contributed by atoms with Gasteiger partial charge in [0, 0.05) is 0 Å². The number of nitrogens with one attached hydrogen (secondary N) is 1. The molecule has 6 nitrogen and oxygen atoms in total. The Bertz CT molecular complexity index is 422. The maximum absolute atomic E-state index is 11.6. The molecule has 0 aliphatic carbocycles. The molecule has 3 N–H and O–H groups in total. The number of nitrogens with two attached hydrogens (primary N) is 1. The van der Waals surface area contributed by atoms with Gasteiger partial charge in [0.25, 0.3) is 0 Å². The fourth-order valence-corrected chi connectivity index (χ4v) is 1.57. The highest BCUT2D eigenvalue weighted by molar-refractivity contribution is 5.81. The lowest BCUT2D eigenvalue weighted by Crippen LogP contribution is -2.43. The summed E-state index contributed by atoms with van der Waals surface area (Å²) in [5.74, 6) is -0.505. The van der Waals surface area contributed by atoms with Crippen LogP contribution in [0, 0.1) is 0 Å². The first-order valence-corrected chi connectivity index (χ1v) is 6.51. The molecule has 0 heterocycles. The van der Waals surface area contributed by atoms with Crippen LogP contribution in [0.5, 0.6) is 0 Å². The van der Waals surface area contributed by atoms with E-state index in [-0.39, 0.29) is 19.8 Å². The van der Waals surface area contributed by atoms with Crippen molar-refractivity contribution < 1.29 is 19.1 Å². The van der Waals surface area contributed by atoms with Gasteiger partial charge in [-0.05, 0) is 25.5 Å². The molecule has 0 spiro atoms. The summed E-state index contributed by atoms with van der Waals surface area (Å²) in [6.45, 7) is 2.36. The van der Waals surface area contributed by atoms with Gasteiger partial charge in [0.2, 0.25) is 0 Å². The second-order valence-corrected chi connectivity index (χ2v) is 4.09. The zero-order chi connectivity index (χ0) is 14.8. The molecule has 0 aromatic heterocycles. The third kappa shape index (κ3) is 5.71. The van der Waals surface area contributed by atoms with Gasteiger partial charge in [0.1, 0.15) is 12.6 Å². The van der Waals surface area contributed by atoms with Crippen LogP contribution in [-0.2, 0) is 20.9 Å². The molecule has 0 saturated carbocycles. The third-order valence-corrected chi connectivity index (χ3v) is 2.53. The van der Waals surface area contributed by atoms with Crippen LogP contribution < -0.4 is 11.1 Å². The Kier molecular flexibility index (Phi) is 7.13. The molecule has 0 aliphatic rings. The van der Waals surface area contributed by atoms with Gasteiger partial charge in [-0.2, -0.15) is 0 Å². The largest absolute Gasteiger partial charge is 0.464 e. The van der Waals surface area contributed by atoms with Crippen molar-refractivity contribution in [3.63, 3.8) is 0 Å². The average molecular weight is 280 g/mol. The van der Waals surface area contributed by atoms with E-state index >= 15 is 0 Å². The number of rotatable bonds is 7. The zero-order valence-electron chi connectivity index (χ0n) is 11.5. The second kappa shape index (κ2) is 8.92. The molecular weight excluding hydrogens is 260 g/mol. The molecule has 0 bridgehead atoms. The normalized spacial score (nSPS) is 11.5. The van der Waals surface area contributed by atoms with Crippen molar-refractivity contribution in [1.29, 1.82) is 0 Å². The maximum atomic E-state index is 11.6. The molecule has 1 amide bonds. The Balaban J connectivity index is 2.43. The van der Waals surface area contributed by atoms with E-state index in [4.69, 9.17) is 15.2 Å². The predicted molar refractivity (Wildman–Crippen MR) is 73.9 cm³/mol. The predicted octanol–water partition coefficient (Wildman–Crippen LogP) is 1.19. The Morgan fingerprint density at radius 2 is 1.95 bits per heavy atom. The third-order valence-electron chi connectivity index (χ3n) is 2.53. The average Bonchev–Trinajstić information content (AvgIpc) is 2.46. The van der Waals surface area contributed by atoms with E-state index in [1.807, 2.05) is 30.3 Å². The summed E-state index contributed by atoms with van der Waals surface area (Å²) in [5, 5.41) is 2.46. The quantitative estimate of drug-likeness (QED) is 0.732. The van der Waals surface area contributed by atoms with E-state index in [0.29, 0.717) is 6.42 Å². The minimum Gasteiger partial charge on any atom is -0.464 e. The summed E-state index contributed by atoms with van der Waals surface area (Å²) < 4.78 is 9.89. The van der Waals surface area contributed by atoms with Crippen molar-refractivity contribution >= 4 is 12.1 Å². The van der Waals surface area contributed by atoms with Gasteiger partial charge in [-0.25, -0.2) is 9.59 Å². The highest BCUT2D eigenvalue weighted by Crippen LogP contribution is 2.02. The molecule has 1 unspecified atom stereocenters. The van der Waals surface area contributed by atoms with E-state index < -0.39 is 18.1 Å².